The lowest BCUT2D eigenvalue weighted by Gasteiger charge is -2.35. The first-order valence-corrected chi connectivity index (χ1v) is 20.2. The lowest BCUT2D eigenvalue weighted by molar-refractivity contribution is -0.0885. The van der Waals surface area contributed by atoms with Gasteiger partial charge in [0, 0.05) is 47.2 Å². The quantitative estimate of drug-likeness (QED) is 0.185. The molecule has 18 heteroatoms. The van der Waals surface area contributed by atoms with Crippen molar-refractivity contribution in [2.45, 2.75) is 67.5 Å². The summed E-state index contributed by atoms with van der Waals surface area (Å²) in [6, 6.07) is 20.3. The number of benzene rings is 2. The molecule has 10 rings (SSSR count). The summed E-state index contributed by atoms with van der Waals surface area (Å²) >= 11 is 0. The molecule has 4 aromatic heterocycles. The summed E-state index contributed by atoms with van der Waals surface area (Å²) in [5, 5.41) is 30.9. The summed E-state index contributed by atoms with van der Waals surface area (Å²) in [6.45, 7) is 0.450. The van der Waals surface area contributed by atoms with E-state index in [0.29, 0.717) is 67.2 Å². The van der Waals surface area contributed by atoms with E-state index in [4.69, 9.17) is 22.6 Å². The van der Waals surface area contributed by atoms with E-state index in [9.17, 15) is 18.0 Å². The van der Waals surface area contributed by atoms with E-state index < -0.39 is 9.84 Å². The topological polar surface area (TPSA) is 231 Å². The number of aromatic nitrogens is 6. The molecule has 0 radical (unpaired) electrons. The molecule has 56 heavy (non-hydrogen) atoms. The van der Waals surface area contributed by atoms with Crippen LogP contribution in [-0.2, 0) is 14.6 Å². The molecule has 2 aliphatic heterocycles. The Balaban J connectivity index is 0.689. The number of rotatable bonds is 11. The minimum Gasteiger partial charge on any atom is -0.425 e. The average Bonchev–Trinajstić information content (AvgIpc) is 3.98. The highest BCUT2D eigenvalue weighted by atomic mass is 32.2. The number of hydrogen-bond acceptors (Lipinski definition) is 15. The zero-order valence-electron chi connectivity index (χ0n) is 29.6. The lowest BCUT2D eigenvalue weighted by Crippen LogP contribution is -2.43. The third kappa shape index (κ3) is 6.57. The second-order valence-corrected chi connectivity index (χ2v) is 17.1. The van der Waals surface area contributed by atoms with Crippen molar-refractivity contribution < 1.29 is 40.6 Å². The van der Waals surface area contributed by atoms with Crippen molar-refractivity contribution in [3.8, 4) is 22.5 Å². The van der Waals surface area contributed by atoms with Crippen LogP contribution in [0.3, 0.4) is 0 Å². The molecule has 6 heterocycles. The Hall–Kier alpha value is -6.01. The summed E-state index contributed by atoms with van der Waals surface area (Å²) in [7, 11) is -2.99. The Morgan fingerprint density at radius 2 is 1.12 bits per heavy atom. The van der Waals surface area contributed by atoms with Crippen LogP contribution >= 0.6 is 0 Å². The number of carbonyl (C=O) groups is 2. The molecular formula is C38H34N8O9S. The molecule has 2 saturated carbocycles. The smallest absolute Gasteiger partial charge is 0.290 e. The predicted molar refractivity (Wildman–Crippen MR) is 192 cm³/mol. The standard InChI is InChI=1S/C38H34N8O9S/c47-33(30-14-28(45-54-30)19-4-2-1-3-5-19)40-26-12-23(13-26)36-42-44-38(53-36)27-16-51-32(27)21-8-6-20(7-9-21)29-15-31(55-46-29)34(48)39-25-10-22(11-25)35-41-43-37(52-35)24-17-56(49,50)18-24/h1-9,14-15,22-27,32H,10-13,16-18H2,(H,39,48)(H,40,47)/t22-,23?,25-,26?,27?,32?. The Kier molecular flexibility index (Phi) is 8.39. The fourth-order valence-electron chi connectivity index (χ4n) is 7.54. The maximum atomic E-state index is 12.9. The molecular weight excluding hydrogens is 745 g/mol. The molecule has 2 N–H and O–H groups in total. The highest BCUT2D eigenvalue weighted by molar-refractivity contribution is 7.92. The third-order valence-electron chi connectivity index (χ3n) is 11.0. The lowest BCUT2D eigenvalue weighted by atomic mass is 9.80. The van der Waals surface area contributed by atoms with Gasteiger partial charge in [-0.1, -0.05) is 64.9 Å². The Bertz CT molecular complexity index is 2510. The van der Waals surface area contributed by atoms with E-state index in [1.807, 2.05) is 54.6 Å². The molecule has 4 fully saturated rings. The largest absolute Gasteiger partial charge is 0.425 e. The summed E-state index contributed by atoms with van der Waals surface area (Å²) in [6.07, 6.45) is 2.33. The van der Waals surface area contributed by atoms with Crippen LogP contribution in [0.25, 0.3) is 22.5 Å². The van der Waals surface area contributed by atoms with Crippen LogP contribution in [-0.4, -0.2) is 81.1 Å². The molecule has 4 aliphatic rings. The van der Waals surface area contributed by atoms with E-state index in [0.717, 1.165) is 16.7 Å². The van der Waals surface area contributed by atoms with Crippen LogP contribution in [0.4, 0.5) is 0 Å². The maximum absolute atomic E-state index is 12.9. The minimum atomic E-state index is -2.99. The van der Waals surface area contributed by atoms with Gasteiger partial charge in [-0.2, -0.15) is 0 Å². The molecule has 2 saturated heterocycles. The number of hydrogen-bond donors (Lipinski definition) is 2. The Morgan fingerprint density at radius 1 is 0.625 bits per heavy atom. The molecule has 2 unspecified atom stereocenters. The molecule has 2 atom stereocenters. The van der Waals surface area contributed by atoms with Crippen molar-refractivity contribution in [1.82, 2.24) is 41.3 Å². The normalized spacial score (nSPS) is 25.3. The van der Waals surface area contributed by atoms with Gasteiger partial charge in [-0.05, 0) is 31.2 Å². The second kappa shape index (κ2) is 13.6. The maximum Gasteiger partial charge on any atom is 0.290 e. The van der Waals surface area contributed by atoms with Gasteiger partial charge in [0.05, 0.1) is 36.1 Å². The van der Waals surface area contributed by atoms with Crippen molar-refractivity contribution in [3.05, 3.63) is 107 Å². The summed E-state index contributed by atoms with van der Waals surface area (Å²) in [5.74, 6) is 1.26. The first-order chi connectivity index (χ1) is 27.2. The number of carbonyl (C=O) groups excluding carboxylic acids is 2. The fraction of sp³-hybridized carbons (Fsp3) is 0.368. The van der Waals surface area contributed by atoms with E-state index >= 15 is 0 Å². The SMILES string of the molecule is O=C(NC1CC(c2nnc(C3COC3c3ccc(-c4cc(C(=O)N[C@H]5C[C@H](c6nnc(C7CS(=O)(=O)C7)o6)C5)on4)cc3)o2)C1)c1cc(-c2ccccc2)no1. The van der Waals surface area contributed by atoms with Crippen LogP contribution < -0.4 is 10.6 Å². The van der Waals surface area contributed by atoms with Gasteiger partial charge in [-0.25, -0.2) is 8.42 Å². The van der Waals surface area contributed by atoms with Crippen LogP contribution in [0.15, 0.2) is 84.6 Å². The van der Waals surface area contributed by atoms with Crippen molar-refractivity contribution in [1.29, 1.82) is 0 Å². The zero-order chi connectivity index (χ0) is 38.0. The number of amides is 2. The Labute approximate surface area is 318 Å². The highest BCUT2D eigenvalue weighted by Gasteiger charge is 2.42. The van der Waals surface area contributed by atoms with Gasteiger partial charge in [-0.15, -0.1) is 20.4 Å². The number of nitrogens with zero attached hydrogens (tertiary/aromatic N) is 6. The second-order valence-electron chi connectivity index (χ2n) is 14.9. The predicted octanol–water partition coefficient (Wildman–Crippen LogP) is 4.48. The van der Waals surface area contributed by atoms with E-state index in [-0.39, 0.29) is 76.7 Å². The number of ether oxygens (including phenoxy) is 1. The number of nitrogens with one attached hydrogen (secondary N) is 2. The van der Waals surface area contributed by atoms with Gasteiger partial charge in [0.25, 0.3) is 11.8 Å². The van der Waals surface area contributed by atoms with Crippen molar-refractivity contribution in [2.24, 2.45) is 0 Å². The van der Waals surface area contributed by atoms with Gasteiger partial charge in [0.2, 0.25) is 35.1 Å². The average molecular weight is 779 g/mol. The molecule has 0 bridgehead atoms. The highest BCUT2D eigenvalue weighted by Crippen LogP contribution is 2.44. The van der Waals surface area contributed by atoms with Gasteiger partial charge in [0.15, 0.2) is 9.84 Å². The minimum absolute atomic E-state index is 0.00142. The first kappa shape index (κ1) is 34.5. The molecule has 286 valence electrons. The first-order valence-electron chi connectivity index (χ1n) is 18.4. The van der Waals surface area contributed by atoms with Gasteiger partial charge < -0.3 is 33.3 Å². The molecule has 0 spiro atoms. The van der Waals surface area contributed by atoms with Crippen LogP contribution in [0, 0.1) is 0 Å². The number of sulfone groups is 1. The van der Waals surface area contributed by atoms with Crippen LogP contribution in [0.5, 0.6) is 0 Å². The van der Waals surface area contributed by atoms with Crippen molar-refractivity contribution in [3.63, 3.8) is 0 Å². The van der Waals surface area contributed by atoms with Gasteiger partial charge >= 0.3 is 0 Å². The van der Waals surface area contributed by atoms with Gasteiger partial charge in [-0.3, -0.25) is 9.59 Å². The Morgan fingerprint density at radius 3 is 1.64 bits per heavy atom. The van der Waals surface area contributed by atoms with E-state index in [1.165, 1.54) is 0 Å². The molecule has 2 amide bonds. The van der Waals surface area contributed by atoms with Gasteiger partial charge in [0.1, 0.15) is 11.4 Å². The van der Waals surface area contributed by atoms with Crippen LogP contribution in [0.1, 0.15) is 106 Å². The molecule has 6 aromatic rings. The van der Waals surface area contributed by atoms with Crippen molar-refractivity contribution in [2.75, 3.05) is 18.1 Å². The fourth-order valence-corrected chi connectivity index (χ4v) is 8.95. The molecule has 2 aromatic carbocycles. The summed E-state index contributed by atoms with van der Waals surface area (Å²) < 4.78 is 51.3. The molecule has 17 nitrogen and oxygen atoms in total. The van der Waals surface area contributed by atoms with E-state index in [2.05, 4.69) is 41.3 Å². The third-order valence-corrected chi connectivity index (χ3v) is 12.8. The van der Waals surface area contributed by atoms with E-state index in [1.54, 1.807) is 12.1 Å². The molecule has 2 aliphatic carbocycles. The van der Waals surface area contributed by atoms with Crippen LogP contribution in [0.2, 0.25) is 0 Å². The van der Waals surface area contributed by atoms with Crippen molar-refractivity contribution >= 4 is 21.7 Å². The summed E-state index contributed by atoms with van der Waals surface area (Å²) in [5.41, 5.74) is 3.71. The monoisotopic (exact) mass is 778 g/mol. The summed E-state index contributed by atoms with van der Waals surface area (Å²) in [4.78, 5) is 25.7. The zero-order valence-corrected chi connectivity index (χ0v) is 30.4.